The molecule has 0 saturated heterocycles. The molecule has 0 atom stereocenters. The number of rotatable bonds is 8. The highest BCUT2D eigenvalue weighted by Gasteiger charge is 2.14. The summed E-state index contributed by atoms with van der Waals surface area (Å²) in [6.45, 7) is 3.59. The summed E-state index contributed by atoms with van der Waals surface area (Å²) in [6.07, 6.45) is 0.712. The minimum atomic E-state index is -1.10. The molecular weight excluding hydrogens is 250 g/mol. The predicted molar refractivity (Wildman–Crippen MR) is 71.0 cm³/mol. The number of nitrogens with two attached hydrogens (primary N) is 1. The Morgan fingerprint density at radius 3 is 2.63 bits per heavy atom. The van der Waals surface area contributed by atoms with Gasteiger partial charge in [0.15, 0.2) is 11.5 Å². The van der Waals surface area contributed by atoms with Crippen molar-refractivity contribution in [2.75, 3.05) is 32.7 Å². The largest absolute Gasteiger partial charge is 0.493 e. The molecule has 1 aromatic rings. The second kappa shape index (κ2) is 7.48. The summed E-state index contributed by atoms with van der Waals surface area (Å²) in [6, 6.07) is 2.82. The molecule has 106 valence electrons. The van der Waals surface area contributed by atoms with Gasteiger partial charge in [-0.3, -0.25) is 0 Å². The Balaban J connectivity index is 2.74. The van der Waals surface area contributed by atoms with Crippen molar-refractivity contribution in [1.82, 2.24) is 0 Å². The lowest BCUT2D eigenvalue weighted by molar-refractivity contribution is 0.0697. The van der Waals surface area contributed by atoms with Crippen molar-refractivity contribution >= 4 is 11.7 Å². The van der Waals surface area contributed by atoms with Gasteiger partial charge in [0.25, 0.3) is 0 Å². The first-order valence-corrected chi connectivity index (χ1v) is 6.01. The van der Waals surface area contributed by atoms with Crippen LogP contribution in [0.5, 0.6) is 11.5 Å². The van der Waals surface area contributed by atoms with Crippen LogP contribution < -0.4 is 15.2 Å². The van der Waals surface area contributed by atoms with E-state index in [2.05, 4.69) is 0 Å². The fourth-order valence-electron chi connectivity index (χ4n) is 1.52. The topological polar surface area (TPSA) is 91.0 Å². The molecule has 0 heterocycles. The Morgan fingerprint density at radius 1 is 1.32 bits per heavy atom. The summed E-state index contributed by atoms with van der Waals surface area (Å²) in [5.41, 5.74) is 5.77. The molecule has 0 fully saturated rings. The Bertz CT molecular complexity index is 433. The van der Waals surface area contributed by atoms with E-state index in [1.54, 1.807) is 0 Å². The van der Waals surface area contributed by atoms with E-state index >= 15 is 0 Å². The van der Waals surface area contributed by atoms with Gasteiger partial charge in [-0.15, -0.1) is 0 Å². The van der Waals surface area contributed by atoms with Crippen molar-refractivity contribution in [1.29, 1.82) is 0 Å². The number of hydrogen-bond donors (Lipinski definition) is 2. The zero-order chi connectivity index (χ0) is 14.3. The van der Waals surface area contributed by atoms with Gasteiger partial charge < -0.3 is 25.1 Å². The third kappa shape index (κ3) is 4.33. The van der Waals surface area contributed by atoms with Crippen molar-refractivity contribution in [3.63, 3.8) is 0 Å². The van der Waals surface area contributed by atoms with E-state index in [1.165, 1.54) is 19.2 Å². The molecule has 0 saturated carbocycles. The molecule has 0 spiro atoms. The molecule has 6 nitrogen and oxygen atoms in total. The lowest BCUT2D eigenvalue weighted by Gasteiger charge is -2.13. The molecule has 19 heavy (non-hydrogen) atoms. The minimum absolute atomic E-state index is 0.000563. The fraction of sp³-hybridized carbons (Fsp3) is 0.462. The summed E-state index contributed by atoms with van der Waals surface area (Å²) in [5, 5.41) is 9.00. The Hall–Kier alpha value is -1.95. The van der Waals surface area contributed by atoms with Crippen LogP contribution >= 0.6 is 0 Å². The molecule has 0 bridgehead atoms. The Labute approximate surface area is 112 Å². The first-order valence-electron chi connectivity index (χ1n) is 6.01. The normalized spacial score (nSPS) is 10.2. The molecule has 6 heteroatoms. The molecule has 0 aromatic heterocycles. The van der Waals surface area contributed by atoms with Crippen molar-refractivity contribution in [2.45, 2.75) is 13.3 Å². The van der Waals surface area contributed by atoms with Gasteiger partial charge in [-0.25, -0.2) is 4.79 Å². The minimum Gasteiger partial charge on any atom is -0.493 e. The summed E-state index contributed by atoms with van der Waals surface area (Å²) < 4.78 is 15.8. The van der Waals surface area contributed by atoms with Crippen LogP contribution in [0.3, 0.4) is 0 Å². The zero-order valence-corrected chi connectivity index (χ0v) is 11.1. The van der Waals surface area contributed by atoms with E-state index < -0.39 is 5.97 Å². The van der Waals surface area contributed by atoms with Crippen molar-refractivity contribution < 1.29 is 24.1 Å². The van der Waals surface area contributed by atoms with Gasteiger partial charge in [-0.2, -0.15) is 0 Å². The zero-order valence-electron chi connectivity index (χ0n) is 11.1. The van der Waals surface area contributed by atoms with Gasteiger partial charge in [-0.05, 0) is 6.92 Å². The summed E-state index contributed by atoms with van der Waals surface area (Å²) in [5.74, 6) is -0.316. The van der Waals surface area contributed by atoms with Crippen LogP contribution in [-0.4, -0.2) is 38.0 Å². The molecule has 0 aliphatic heterocycles. The predicted octanol–water partition coefficient (Wildman–Crippen LogP) is 1.78. The highest BCUT2D eigenvalue weighted by molar-refractivity contribution is 5.94. The number of aromatic carboxylic acids is 1. The lowest BCUT2D eigenvalue weighted by Crippen LogP contribution is -2.07. The van der Waals surface area contributed by atoms with Crippen molar-refractivity contribution in [3.8, 4) is 11.5 Å². The van der Waals surface area contributed by atoms with Crippen molar-refractivity contribution in [2.24, 2.45) is 0 Å². The maximum atomic E-state index is 11.0. The second-order valence-electron chi connectivity index (χ2n) is 3.79. The van der Waals surface area contributed by atoms with E-state index in [-0.39, 0.29) is 11.3 Å². The smallest absolute Gasteiger partial charge is 0.337 e. The molecule has 0 unspecified atom stereocenters. The Morgan fingerprint density at radius 2 is 2.05 bits per heavy atom. The molecule has 3 N–H and O–H groups in total. The first-order chi connectivity index (χ1) is 9.10. The van der Waals surface area contributed by atoms with Gasteiger partial charge in [0, 0.05) is 31.8 Å². The number of methoxy groups -OCH3 is 1. The quantitative estimate of drug-likeness (QED) is 0.552. The SMILES string of the molecule is CCOCCCOc1cc(C(=O)O)c(N)cc1OC. The van der Waals surface area contributed by atoms with E-state index in [0.717, 1.165) is 0 Å². The fourth-order valence-corrected chi connectivity index (χ4v) is 1.52. The van der Waals surface area contributed by atoms with Gasteiger partial charge in [-0.1, -0.05) is 0 Å². The highest BCUT2D eigenvalue weighted by atomic mass is 16.5. The summed E-state index contributed by atoms with van der Waals surface area (Å²) in [4.78, 5) is 11.0. The van der Waals surface area contributed by atoms with Crippen LogP contribution in [0.25, 0.3) is 0 Å². The molecule has 1 rings (SSSR count). The molecular formula is C13H19NO5. The van der Waals surface area contributed by atoms with E-state index in [9.17, 15) is 4.79 Å². The first kappa shape index (κ1) is 15.1. The molecule has 0 radical (unpaired) electrons. The van der Waals surface area contributed by atoms with Crippen molar-refractivity contribution in [3.05, 3.63) is 17.7 Å². The third-order valence-corrected chi connectivity index (χ3v) is 2.46. The van der Waals surface area contributed by atoms with E-state index in [4.69, 9.17) is 25.1 Å². The standard InChI is InChI=1S/C13H19NO5/c1-3-18-5-4-6-19-12-7-9(13(15)16)10(14)8-11(12)17-2/h7-8H,3-6,14H2,1-2H3,(H,15,16). The highest BCUT2D eigenvalue weighted by Crippen LogP contribution is 2.32. The molecule has 0 amide bonds. The number of benzene rings is 1. The number of carboxylic acid groups (broad SMARTS) is 1. The third-order valence-electron chi connectivity index (χ3n) is 2.46. The van der Waals surface area contributed by atoms with Gasteiger partial charge in [0.05, 0.1) is 25.0 Å². The van der Waals surface area contributed by atoms with Gasteiger partial charge in [0.1, 0.15) is 0 Å². The molecule has 1 aromatic carbocycles. The van der Waals surface area contributed by atoms with E-state index in [0.29, 0.717) is 37.7 Å². The number of carbonyl (C=O) groups is 1. The average molecular weight is 269 g/mol. The maximum absolute atomic E-state index is 11.0. The Kier molecular flexibility index (Phi) is 5.95. The van der Waals surface area contributed by atoms with Crippen LogP contribution in [0.4, 0.5) is 5.69 Å². The number of hydrogen-bond acceptors (Lipinski definition) is 5. The molecule has 0 aliphatic rings. The van der Waals surface area contributed by atoms with Crippen LogP contribution in [0.2, 0.25) is 0 Å². The lowest BCUT2D eigenvalue weighted by atomic mass is 10.1. The van der Waals surface area contributed by atoms with Gasteiger partial charge in [0.2, 0.25) is 0 Å². The summed E-state index contributed by atoms with van der Waals surface area (Å²) in [7, 11) is 1.47. The van der Waals surface area contributed by atoms with Crippen LogP contribution in [-0.2, 0) is 4.74 Å². The van der Waals surface area contributed by atoms with Crippen LogP contribution in [0, 0.1) is 0 Å². The average Bonchev–Trinajstić information content (AvgIpc) is 2.39. The number of ether oxygens (including phenoxy) is 3. The number of anilines is 1. The summed E-state index contributed by atoms with van der Waals surface area (Å²) >= 11 is 0. The van der Waals surface area contributed by atoms with E-state index in [1.807, 2.05) is 6.92 Å². The van der Waals surface area contributed by atoms with Gasteiger partial charge >= 0.3 is 5.97 Å². The van der Waals surface area contributed by atoms with Crippen LogP contribution in [0.15, 0.2) is 12.1 Å². The number of carboxylic acids is 1. The van der Waals surface area contributed by atoms with Crippen LogP contribution in [0.1, 0.15) is 23.7 Å². The maximum Gasteiger partial charge on any atom is 0.337 e. The molecule has 0 aliphatic carbocycles. The second-order valence-corrected chi connectivity index (χ2v) is 3.79. The number of nitrogen functional groups attached to an aromatic ring is 1. The monoisotopic (exact) mass is 269 g/mol.